The molecule has 1 fully saturated rings. The number of aromatic amines is 1. The molecule has 0 radical (unpaired) electrons. The quantitative estimate of drug-likeness (QED) is 0.336. The topological polar surface area (TPSA) is 196 Å². The number of fused-ring (bicyclic) bond motifs is 2. The van der Waals surface area contributed by atoms with Crippen molar-refractivity contribution in [3.8, 4) is 5.75 Å². The van der Waals surface area contributed by atoms with E-state index < -0.39 is 56.6 Å². The second-order valence-corrected chi connectivity index (χ2v) is 9.04. The number of rotatable bonds is 6. The van der Waals surface area contributed by atoms with Crippen LogP contribution in [0.1, 0.15) is 30.4 Å². The first-order valence-corrected chi connectivity index (χ1v) is 12.0. The third-order valence-electron chi connectivity index (χ3n) is 5.40. The molecule has 15 nitrogen and oxygen atoms in total. The lowest BCUT2D eigenvalue weighted by molar-refractivity contribution is -0.165. The van der Waals surface area contributed by atoms with E-state index in [1.807, 2.05) is 0 Å². The number of aromatic nitrogens is 4. The minimum atomic E-state index is -2.15. The maximum Gasteiger partial charge on any atom is 0.465 e. The molecule has 0 aliphatic carbocycles. The number of hydrogen-bond acceptors (Lipinski definition) is 13. The Balaban J connectivity index is 1.43. The van der Waals surface area contributed by atoms with E-state index in [0.717, 1.165) is 0 Å². The van der Waals surface area contributed by atoms with E-state index in [9.17, 15) is 19.2 Å². The van der Waals surface area contributed by atoms with Gasteiger partial charge in [-0.25, -0.2) is 9.78 Å². The zero-order chi connectivity index (χ0) is 26.3. The summed E-state index contributed by atoms with van der Waals surface area (Å²) in [6.07, 6.45) is -3.22. The number of nitrogens with one attached hydrogen (secondary N) is 1. The summed E-state index contributed by atoms with van der Waals surface area (Å²) in [5, 5.41) is 0. The fraction of sp³-hybridized carbons (Fsp3) is 0.333. The number of nitrogens with two attached hydrogens (primary N) is 1. The Hall–Kier alpha value is -4.07. The van der Waals surface area contributed by atoms with Crippen LogP contribution >= 0.6 is 8.60 Å². The number of nitrogens with zero attached hydrogens (tertiary/aromatic N) is 3. The number of carbonyl (C=O) groups is 3. The van der Waals surface area contributed by atoms with Gasteiger partial charge in [-0.05, 0) is 12.1 Å². The smallest absolute Gasteiger partial charge is 0.456 e. The van der Waals surface area contributed by atoms with Crippen molar-refractivity contribution in [2.24, 2.45) is 0 Å². The van der Waals surface area contributed by atoms with Gasteiger partial charge in [-0.1, -0.05) is 12.1 Å². The Morgan fingerprint density at radius 3 is 2.62 bits per heavy atom. The number of nitrogen functional groups attached to an aromatic ring is 1. The molecule has 0 saturated carbocycles. The van der Waals surface area contributed by atoms with Crippen LogP contribution in [0.5, 0.6) is 5.75 Å². The van der Waals surface area contributed by atoms with Crippen LogP contribution in [-0.2, 0) is 32.8 Å². The van der Waals surface area contributed by atoms with Crippen LogP contribution in [0.2, 0.25) is 0 Å². The first kappa shape index (κ1) is 24.6. The van der Waals surface area contributed by atoms with Gasteiger partial charge in [0.25, 0.3) is 5.56 Å². The van der Waals surface area contributed by atoms with Crippen molar-refractivity contribution in [3.63, 3.8) is 0 Å². The summed E-state index contributed by atoms with van der Waals surface area (Å²) in [6, 6.07) is 6.51. The van der Waals surface area contributed by atoms with Crippen LogP contribution in [0.4, 0.5) is 5.95 Å². The molecule has 4 heterocycles. The Morgan fingerprint density at radius 2 is 1.86 bits per heavy atom. The molecule has 5 atom stereocenters. The summed E-state index contributed by atoms with van der Waals surface area (Å²) in [4.78, 5) is 58.9. The summed E-state index contributed by atoms with van der Waals surface area (Å²) in [6.45, 7) is 2.07. The van der Waals surface area contributed by atoms with E-state index in [-0.39, 0.29) is 29.3 Å². The van der Waals surface area contributed by atoms with Crippen LogP contribution in [-0.4, -0.2) is 62.3 Å². The molecule has 1 saturated heterocycles. The van der Waals surface area contributed by atoms with Gasteiger partial charge in [-0.3, -0.25) is 28.5 Å². The third kappa shape index (κ3) is 4.83. The molecule has 0 spiro atoms. The van der Waals surface area contributed by atoms with Crippen LogP contribution in [0.15, 0.2) is 35.4 Å². The van der Waals surface area contributed by atoms with Gasteiger partial charge in [0, 0.05) is 13.8 Å². The van der Waals surface area contributed by atoms with Crippen molar-refractivity contribution in [1.82, 2.24) is 19.5 Å². The largest absolute Gasteiger partial charge is 0.465 e. The third-order valence-corrected chi connectivity index (χ3v) is 6.42. The number of para-hydroxylation sites is 1. The fourth-order valence-corrected chi connectivity index (χ4v) is 4.93. The number of ether oxygens (including phenoxy) is 3. The zero-order valence-corrected chi connectivity index (χ0v) is 20.2. The molecule has 1 aromatic carbocycles. The summed E-state index contributed by atoms with van der Waals surface area (Å²) in [7, 11) is -2.15. The van der Waals surface area contributed by atoms with E-state index in [1.165, 1.54) is 24.7 Å². The Labute approximate surface area is 208 Å². The van der Waals surface area contributed by atoms with E-state index >= 15 is 0 Å². The fourth-order valence-electron chi connectivity index (χ4n) is 3.96. The number of hydrogen-bond donors (Lipinski definition) is 2. The Morgan fingerprint density at radius 1 is 1.14 bits per heavy atom. The van der Waals surface area contributed by atoms with Crippen molar-refractivity contribution in [2.45, 2.75) is 38.4 Å². The molecule has 5 rings (SSSR count). The van der Waals surface area contributed by atoms with Crippen LogP contribution in [0.25, 0.3) is 11.2 Å². The maximum absolute atomic E-state index is 12.3. The predicted octanol–water partition coefficient (Wildman–Crippen LogP) is 0.955. The lowest BCUT2D eigenvalue weighted by atomic mass is 10.1. The number of esters is 2. The van der Waals surface area contributed by atoms with Crippen molar-refractivity contribution >= 4 is 43.6 Å². The standard InChI is InChI=1S/C21H20N5O10P/c1-9(27)32-15-13(7-31-37-35-12-6-4-3-5-11(12)20(30)36-37)34-19(16(15)33-10(2)28)26-8-23-14-17(26)24-21(22)25-18(14)29/h3-6,8,13,15-16,19H,7H2,1-2H3,(H3,22,24,25,29)/t13-,15-,16-,19-,37?/m1/s1. The van der Waals surface area contributed by atoms with Crippen LogP contribution in [0, 0.1) is 0 Å². The molecule has 37 heavy (non-hydrogen) atoms. The lowest BCUT2D eigenvalue weighted by Gasteiger charge is -2.25. The average molecular weight is 533 g/mol. The van der Waals surface area contributed by atoms with Crippen molar-refractivity contribution < 1.29 is 42.2 Å². The summed E-state index contributed by atoms with van der Waals surface area (Å²) in [5.41, 5.74) is 5.37. The number of benzene rings is 1. The van der Waals surface area contributed by atoms with E-state index in [0.29, 0.717) is 5.75 Å². The zero-order valence-electron chi connectivity index (χ0n) is 19.4. The van der Waals surface area contributed by atoms with Gasteiger partial charge in [-0.2, -0.15) is 4.98 Å². The number of H-pyrrole nitrogens is 1. The highest BCUT2D eigenvalue weighted by Crippen LogP contribution is 2.48. The summed E-state index contributed by atoms with van der Waals surface area (Å²) in [5.74, 6) is -1.85. The Bertz CT molecular complexity index is 1440. The highest BCUT2D eigenvalue weighted by molar-refractivity contribution is 7.43. The number of anilines is 1. The molecular formula is C21H20N5O10P. The highest BCUT2D eigenvalue weighted by Gasteiger charge is 2.51. The molecular weight excluding hydrogens is 513 g/mol. The lowest BCUT2D eigenvalue weighted by Crippen LogP contribution is -2.40. The minimum absolute atomic E-state index is 0.0345. The first-order chi connectivity index (χ1) is 17.7. The molecule has 2 aliphatic rings. The SMILES string of the molecule is CC(=O)O[C@@H]1[C@H](OC(C)=O)[C@@H](COP2OC(=O)c3ccccc3O2)O[C@H]1n1cnc2c(=O)[nH]c(N)nc21. The van der Waals surface area contributed by atoms with Gasteiger partial charge in [0.2, 0.25) is 5.95 Å². The summed E-state index contributed by atoms with van der Waals surface area (Å²) < 4.78 is 34.8. The number of carbonyl (C=O) groups excluding carboxylic acids is 3. The summed E-state index contributed by atoms with van der Waals surface area (Å²) >= 11 is 0. The molecule has 1 unspecified atom stereocenters. The first-order valence-electron chi connectivity index (χ1n) is 10.9. The van der Waals surface area contributed by atoms with Crippen molar-refractivity contribution in [3.05, 3.63) is 46.5 Å². The normalized spacial score (nSPS) is 24.7. The molecule has 3 N–H and O–H groups in total. The van der Waals surface area contributed by atoms with Crippen LogP contribution < -0.4 is 15.8 Å². The number of imidazole rings is 1. The average Bonchev–Trinajstić information content (AvgIpc) is 3.39. The molecule has 2 aromatic heterocycles. The highest BCUT2D eigenvalue weighted by atomic mass is 31.2. The van der Waals surface area contributed by atoms with Gasteiger partial charge in [0.05, 0.1) is 12.9 Å². The van der Waals surface area contributed by atoms with Gasteiger partial charge in [0.1, 0.15) is 17.4 Å². The second kappa shape index (κ2) is 9.76. The minimum Gasteiger partial charge on any atom is -0.456 e. The molecule has 194 valence electrons. The molecule has 3 aromatic rings. The van der Waals surface area contributed by atoms with Gasteiger partial charge < -0.3 is 29.0 Å². The predicted molar refractivity (Wildman–Crippen MR) is 123 cm³/mol. The Kier molecular flexibility index (Phi) is 6.50. The van der Waals surface area contributed by atoms with Crippen molar-refractivity contribution in [2.75, 3.05) is 12.3 Å². The van der Waals surface area contributed by atoms with Gasteiger partial charge in [-0.15, -0.1) is 0 Å². The van der Waals surface area contributed by atoms with Crippen LogP contribution in [0.3, 0.4) is 0 Å². The maximum atomic E-state index is 12.3. The van der Waals surface area contributed by atoms with E-state index in [1.54, 1.807) is 24.3 Å². The monoisotopic (exact) mass is 533 g/mol. The molecule has 2 aliphatic heterocycles. The van der Waals surface area contributed by atoms with Gasteiger partial charge in [0.15, 0.2) is 29.6 Å². The van der Waals surface area contributed by atoms with E-state index in [4.69, 9.17) is 33.5 Å². The molecule has 16 heteroatoms. The molecule has 0 amide bonds. The van der Waals surface area contributed by atoms with Gasteiger partial charge >= 0.3 is 26.5 Å². The molecule has 0 bridgehead atoms. The van der Waals surface area contributed by atoms with Crippen molar-refractivity contribution in [1.29, 1.82) is 0 Å². The van der Waals surface area contributed by atoms with E-state index in [2.05, 4.69) is 15.0 Å². The second-order valence-electron chi connectivity index (χ2n) is 7.97.